The van der Waals surface area contributed by atoms with Crippen LogP contribution in [-0.4, -0.2) is 21.7 Å². The summed E-state index contributed by atoms with van der Waals surface area (Å²) in [5, 5.41) is 16.1. The molecular formula is C19H20N4O. The van der Waals surface area contributed by atoms with E-state index in [2.05, 4.69) is 26.7 Å². The predicted molar refractivity (Wildman–Crippen MR) is 96.4 cm³/mol. The van der Waals surface area contributed by atoms with E-state index in [0.29, 0.717) is 11.8 Å². The fraction of sp³-hybridized carbons (Fsp3) is 0.158. The number of hydrogen-bond acceptors (Lipinski definition) is 5. The lowest BCUT2D eigenvalue weighted by Gasteiger charge is -2.18. The molecule has 2 aromatic carbocycles. The van der Waals surface area contributed by atoms with Crippen LogP contribution in [0.15, 0.2) is 66.9 Å². The molecule has 0 radical (unpaired) electrons. The van der Waals surface area contributed by atoms with Crippen molar-refractivity contribution in [1.82, 2.24) is 9.97 Å². The van der Waals surface area contributed by atoms with E-state index < -0.39 is 0 Å². The van der Waals surface area contributed by atoms with Crippen molar-refractivity contribution >= 4 is 17.5 Å². The summed E-state index contributed by atoms with van der Waals surface area (Å²) in [6, 6.07) is 19.4. The number of aliphatic hydroxyl groups is 1. The Kier molecular flexibility index (Phi) is 5.03. The third-order valence-corrected chi connectivity index (χ3v) is 3.63. The molecule has 3 rings (SSSR count). The van der Waals surface area contributed by atoms with Crippen LogP contribution < -0.4 is 10.6 Å². The van der Waals surface area contributed by atoms with Gasteiger partial charge in [-0.25, -0.2) is 4.98 Å². The molecule has 0 aliphatic heterocycles. The van der Waals surface area contributed by atoms with Crippen molar-refractivity contribution in [3.8, 4) is 0 Å². The van der Waals surface area contributed by atoms with Gasteiger partial charge in [0.2, 0.25) is 5.95 Å². The lowest BCUT2D eigenvalue weighted by molar-refractivity contribution is 0.276. The lowest BCUT2D eigenvalue weighted by atomic mass is 10.1. The number of aliphatic hydroxyl groups excluding tert-OH is 1. The predicted octanol–water partition coefficient (Wildman–Crippen LogP) is 3.67. The Balaban J connectivity index is 1.76. The van der Waals surface area contributed by atoms with Crippen molar-refractivity contribution in [2.24, 2.45) is 0 Å². The summed E-state index contributed by atoms with van der Waals surface area (Å²) >= 11 is 0. The van der Waals surface area contributed by atoms with E-state index in [1.165, 1.54) is 0 Å². The summed E-state index contributed by atoms with van der Waals surface area (Å²) in [4.78, 5) is 8.69. The normalized spacial score (nSPS) is 11.8. The second kappa shape index (κ2) is 7.57. The van der Waals surface area contributed by atoms with Crippen LogP contribution in [0.5, 0.6) is 0 Å². The van der Waals surface area contributed by atoms with Gasteiger partial charge in [-0.2, -0.15) is 4.98 Å². The van der Waals surface area contributed by atoms with Crippen LogP contribution in [0.1, 0.15) is 17.2 Å². The van der Waals surface area contributed by atoms with Crippen molar-refractivity contribution in [2.45, 2.75) is 13.0 Å². The summed E-state index contributed by atoms with van der Waals surface area (Å²) < 4.78 is 0. The Morgan fingerprint density at radius 1 is 1.04 bits per heavy atom. The molecule has 1 atom stereocenters. The maximum atomic E-state index is 9.71. The molecule has 122 valence electrons. The highest BCUT2D eigenvalue weighted by Crippen LogP contribution is 2.20. The standard InChI is InChI=1S/C19H20N4O/c1-14-6-5-7-15(12-14)17(13-24)22-18-10-11-20-19(23-18)21-16-8-3-2-4-9-16/h2-12,17,24H,13H2,1H3,(H2,20,21,22,23). The first kappa shape index (κ1) is 16.0. The van der Waals surface area contributed by atoms with Crippen LogP contribution >= 0.6 is 0 Å². The van der Waals surface area contributed by atoms with Crippen molar-refractivity contribution < 1.29 is 5.11 Å². The summed E-state index contributed by atoms with van der Waals surface area (Å²) in [6.45, 7) is 2.01. The largest absolute Gasteiger partial charge is 0.394 e. The fourth-order valence-corrected chi connectivity index (χ4v) is 2.45. The molecule has 1 unspecified atom stereocenters. The Morgan fingerprint density at radius 3 is 2.62 bits per heavy atom. The van der Waals surface area contributed by atoms with Gasteiger partial charge in [-0.05, 0) is 30.7 Å². The summed E-state index contributed by atoms with van der Waals surface area (Å²) in [6.07, 6.45) is 1.69. The van der Waals surface area contributed by atoms with Gasteiger partial charge in [0.15, 0.2) is 0 Å². The number of rotatable bonds is 6. The molecule has 1 aromatic heterocycles. The first-order valence-electron chi connectivity index (χ1n) is 7.83. The molecule has 5 nitrogen and oxygen atoms in total. The van der Waals surface area contributed by atoms with Crippen molar-refractivity contribution in [3.63, 3.8) is 0 Å². The van der Waals surface area contributed by atoms with E-state index in [4.69, 9.17) is 0 Å². The van der Waals surface area contributed by atoms with E-state index in [1.54, 1.807) is 12.3 Å². The van der Waals surface area contributed by atoms with Gasteiger partial charge < -0.3 is 15.7 Å². The molecule has 0 saturated heterocycles. The lowest BCUT2D eigenvalue weighted by Crippen LogP contribution is -2.16. The molecule has 0 saturated carbocycles. The highest BCUT2D eigenvalue weighted by molar-refractivity contribution is 5.54. The number of nitrogens with zero attached hydrogens (tertiary/aromatic N) is 2. The Bertz CT molecular complexity index is 792. The van der Waals surface area contributed by atoms with Crippen LogP contribution in [0.4, 0.5) is 17.5 Å². The first-order chi connectivity index (χ1) is 11.7. The van der Waals surface area contributed by atoms with E-state index in [9.17, 15) is 5.11 Å². The quantitative estimate of drug-likeness (QED) is 0.646. The SMILES string of the molecule is Cc1cccc(C(CO)Nc2ccnc(Nc3ccccc3)n2)c1. The van der Waals surface area contributed by atoms with Crippen molar-refractivity contribution in [3.05, 3.63) is 78.0 Å². The highest BCUT2D eigenvalue weighted by atomic mass is 16.3. The second-order valence-corrected chi connectivity index (χ2v) is 5.55. The van der Waals surface area contributed by atoms with Crippen molar-refractivity contribution in [2.75, 3.05) is 17.2 Å². The second-order valence-electron chi connectivity index (χ2n) is 5.55. The maximum absolute atomic E-state index is 9.71. The smallest absolute Gasteiger partial charge is 0.229 e. The van der Waals surface area contributed by atoms with E-state index >= 15 is 0 Å². The van der Waals surface area contributed by atoms with Gasteiger partial charge in [-0.3, -0.25) is 0 Å². The minimum absolute atomic E-state index is 0.0189. The zero-order valence-electron chi connectivity index (χ0n) is 13.5. The third-order valence-electron chi connectivity index (χ3n) is 3.63. The highest BCUT2D eigenvalue weighted by Gasteiger charge is 2.11. The zero-order valence-corrected chi connectivity index (χ0v) is 13.5. The number of aryl methyl sites for hydroxylation is 1. The van der Waals surface area contributed by atoms with Gasteiger partial charge in [0, 0.05) is 11.9 Å². The molecule has 3 aromatic rings. The van der Waals surface area contributed by atoms with E-state index in [-0.39, 0.29) is 12.6 Å². The molecule has 24 heavy (non-hydrogen) atoms. The molecule has 0 aliphatic rings. The molecule has 0 bridgehead atoms. The maximum Gasteiger partial charge on any atom is 0.229 e. The van der Waals surface area contributed by atoms with E-state index in [0.717, 1.165) is 16.8 Å². The molecule has 3 N–H and O–H groups in total. The Morgan fingerprint density at radius 2 is 1.88 bits per heavy atom. The van der Waals surface area contributed by atoms with Gasteiger partial charge in [-0.1, -0.05) is 48.0 Å². The third kappa shape index (κ3) is 4.08. The van der Waals surface area contributed by atoms with Gasteiger partial charge in [0.05, 0.1) is 12.6 Å². The minimum Gasteiger partial charge on any atom is -0.394 e. The summed E-state index contributed by atoms with van der Waals surface area (Å²) in [5.41, 5.74) is 3.10. The molecule has 5 heteroatoms. The molecule has 0 fully saturated rings. The summed E-state index contributed by atoms with van der Waals surface area (Å²) in [5.74, 6) is 1.16. The average Bonchev–Trinajstić information content (AvgIpc) is 2.61. The van der Waals surface area contributed by atoms with Gasteiger partial charge in [-0.15, -0.1) is 0 Å². The number of anilines is 3. The number of para-hydroxylation sites is 1. The van der Waals surface area contributed by atoms with Crippen LogP contribution in [-0.2, 0) is 0 Å². The molecule has 0 spiro atoms. The fourth-order valence-electron chi connectivity index (χ4n) is 2.45. The zero-order chi connectivity index (χ0) is 16.8. The molecule has 0 amide bonds. The number of aromatic nitrogens is 2. The van der Waals surface area contributed by atoms with Crippen LogP contribution in [0, 0.1) is 6.92 Å². The van der Waals surface area contributed by atoms with Gasteiger partial charge >= 0.3 is 0 Å². The molecular weight excluding hydrogens is 300 g/mol. The minimum atomic E-state index is -0.218. The van der Waals surface area contributed by atoms with Gasteiger partial charge in [0.1, 0.15) is 5.82 Å². The molecule has 1 heterocycles. The van der Waals surface area contributed by atoms with E-state index in [1.807, 2.05) is 55.5 Å². The monoisotopic (exact) mass is 320 g/mol. The van der Waals surface area contributed by atoms with Crippen LogP contribution in [0.25, 0.3) is 0 Å². The Hall–Kier alpha value is -2.92. The topological polar surface area (TPSA) is 70.1 Å². The van der Waals surface area contributed by atoms with Gasteiger partial charge in [0.25, 0.3) is 0 Å². The number of hydrogen-bond donors (Lipinski definition) is 3. The van der Waals surface area contributed by atoms with Crippen molar-refractivity contribution in [1.29, 1.82) is 0 Å². The average molecular weight is 320 g/mol. The first-order valence-corrected chi connectivity index (χ1v) is 7.83. The number of nitrogens with one attached hydrogen (secondary N) is 2. The number of benzene rings is 2. The Labute approximate surface area is 141 Å². The molecule has 0 aliphatic carbocycles. The van der Waals surface area contributed by atoms with Crippen LogP contribution in [0.2, 0.25) is 0 Å². The van der Waals surface area contributed by atoms with Crippen LogP contribution in [0.3, 0.4) is 0 Å². The summed E-state index contributed by atoms with van der Waals surface area (Å²) in [7, 11) is 0.